The minimum absolute atomic E-state index is 0.0311. The molecule has 6 heteroatoms. The van der Waals surface area contributed by atoms with Crippen LogP contribution in [-0.2, 0) is 4.79 Å². The number of aryl methyl sites for hydroxylation is 2. The number of amides is 3. The summed E-state index contributed by atoms with van der Waals surface area (Å²) in [7, 11) is 0. The number of hydrogen-bond donors (Lipinski definition) is 2. The number of benzene rings is 2. The van der Waals surface area contributed by atoms with Gasteiger partial charge in [0.1, 0.15) is 0 Å². The Hall–Kier alpha value is -2.86. The van der Waals surface area contributed by atoms with Crippen LogP contribution < -0.4 is 10.6 Å². The second-order valence-electron chi connectivity index (χ2n) is 6.97. The van der Waals surface area contributed by atoms with Gasteiger partial charge in [0.05, 0.1) is 6.54 Å². The summed E-state index contributed by atoms with van der Waals surface area (Å²) in [5.74, 6) is -0.0311. The molecule has 0 spiro atoms. The highest BCUT2D eigenvalue weighted by Crippen LogP contribution is 2.12. The molecule has 1 saturated heterocycles. The molecule has 3 amide bonds. The fourth-order valence-electron chi connectivity index (χ4n) is 2.99. The van der Waals surface area contributed by atoms with Crippen molar-refractivity contribution >= 4 is 23.3 Å². The van der Waals surface area contributed by atoms with E-state index in [9.17, 15) is 9.59 Å². The highest BCUT2D eigenvalue weighted by Gasteiger charge is 2.22. The van der Waals surface area contributed by atoms with Crippen LogP contribution in [0.5, 0.6) is 0 Å². The Morgan fingerprint density at radius 3 is 1.78 bits per heavy atom. The quantitative estimate of drug-likeness (QED) is 0.874. The number of urea groups is 1. The van der Waals surface area contributed by atoms with Crippen molar-refractivity contribution in [3.05, 3.63) is 59.7 Å². The van der Waals surface area contributed by atoms with Gasteiger partial charge in [0, 0.05) is 37.6 Å². The molecular weight excluding hydrogens is 340 g/mol. The molecule has 1 heterocycles. The van der Waals surface area contributed by atoms with Crippen molar-refractivity contribution in [2.45, 2.75) is 13.8 Å². The standard InChI is InChI=1S/C21H26N4O2/c1-16-3-7-18(8-4-16)22-20(26)15-24-11-13-25(14-12-24)21(27)23-19-9-5-17(2)6-10-19/h3-10H,11-15H2,1-2H3,(H,22,26)(H,23,27). The Bertz CT molecular complexity index is 779. The van der Waals surface area contributed by atoms with Crippen LogP contribution in [0, 0.1) is 13.8 Å². The average Bonchev–Trinajstić information content (AvgIpc) is 2.66. The SMILES string of the molecule is Cc1ccc(NC(=O)CN2CCN(C(=O)Nc3ccc(C)cc3)CC2)cc1. The fraction of sp³-hybridized carbons (Fsp3) is 0.333. The summed E-state index contributed by atoms with van der Waals surface area (Å²) >= 11 is 0. The number of nitrogens with zero attached hydrogens (tertiary/aromatic N) is 2. The summed E-state index contributed by atoms with van der Waals surface area (Å²) in [5.41, 5.74) is 3.92. The van der Waals surface area contributed by atoms with Gasteiger partial charge in [0.2, 0.25) is 5.91 Å². The maximum absolute atomic E-state index is 12.4. The van der Waals surface area contributed by atoms with Crippen LogP contribution in [0.1, 0.15) is 11.1 Å². The normalized spacial score (nSPS) is 14.7. The molecule has 0 bridgehead atoms. The Morgan fingerprint density at radius 1 is 0.778 bits per heavy atom. The zero-order chi connectivity index (χ0) is 19.2. The molecule has 142 valence electrons. The van der Waals surface area contributed by atoms with Crippen molar-refractivity contribution in [3.8, 4) is 0 Å². The molecule has 1 fully saturated rings. The van der Waals surface area contributed by atoms with E-state index in [4.69, 9.17) is 0 Å². The molecule has 2 aromatic rings. The Labute approximate surface area is 160 Å². The summed E-state index contributed by atoms with van der Waals surface area (Å²) in [6.45, 7) is 6.94. The number of anilines is 2. The lowest BCUT2D eigenvalue weighted by molar-refractivity contribution is -0.117. The molecule has 0 aliphatic carbocycles. The topological polar surface area (TPSA) is 64.7 Å². The first-order valence-electron chi connectivity index (χ1n) is 9.21. The van der Waals surface area contributed by atoms with Crippen molar-refractivity contribution in [2.24, 2.45) is 0 Å². The lowest BCUT2D eigenvalue weighted by atomic mass is 10.2. The summed E-state index contributed by atoms with van der Waals surface area (Å²) in [6.07, 6.45) is 0. The van der Waals surface area contributed by atoms with Gasteiger partial charge in [-0.05, 0) is 38.1 Å². The van der Waals surface area contributed by atoms with E-state index in [1.807, 2.05) is 62.4 Å². The van der Waals surface area contributed by atoms with Crippen molar-refractivity contribution < 1.29 is 9.59 Å². The Kier molecular flexibility index (Phi) is 6.08. The zero-order valence-electron chi connectivity index (χ0n) is 15.9. The maximum Gasteiger partial charge on any atom is 0.321 e. The summed E-state index contributed by atoms with van der Waals surface area (Å²) in [6, 6.07) is 15.4. The lowest BCUT2D eigenvalue weighted by Gasteiger charge is -2.34. The molecule has 0 unspecified atom stereocenters. The molecule has 1 aliphatic heterocycles. The van der Waals surface area contributed by atoms with Crippen LogP contribution >= 0.6 is 0 Å². The molecular formula is C21H26N4O2. The monoisotopic (exact) mass is 366 g/mol. The van der Waals surface area contributed by atoms with Crippen LogP contribution in [-0.4, -0.2) is 54.5 Å². The van der Waals surface area contributed by atoms with Gasteiger partial charge in [0.15, 0.2) is 0 Å². The minimum atomic E-state index is -0.0948. The fourth-order valence-corrected chi connectivity index (χ4v) is 2.99. The largest absolute Gasteiger partial charge is 0.325 e. The van der Waals surface area contributed by atoms with E-state index in [1.54, 1.807) is 4.90 Å². The summed E-state index contributed by atoms with van der Waals surface area (Å²) < 4.78 is 0. The Morgan fingerprint density at radius 2 is 1.26 bits per heavy atom. The highest BCUT2D eigenvalue weighted by molar-refractivity contribution is 5.92. The third kappa shape index (κ3) is 5.56. The molecule has 0 saturated carbocycles. The van der Waals surface area contributed by atoms with Gasteiger partial charge >= 0.3 is 6.03 Å². The third-order valence-electron chi connectivity index (χ3n) is 4.66. The van der Waals surface area contributed by atoms with E-state index < -0.39 is 0 Å². The van der Waals surface area contributed by atoms with Crippen LogP contribution in [0.3, 0.4) is 0 Å². The first-order valence-corrected chi connectivity index (χ1v) is 9.21. The van der Waals surface area contributed by atoms with E-state index in [0.717, 1.165) is 22.5 Å². The van der Waals surface area contributed by atoms with Crippen molar-refractivity contribution in [1.82, 2.24) is 9.80 Å². The highest BCUT2D eigenvalue weighted by atomic mass is 16.2. The molecule has 0 radical (unpaired) electrons. The van der Waals surface area contributed by atoms with Crippen LogP contribution in [0.25, 0.3) is 0 Å². The smallest absolute Gasteiger partial charge is 0.321 e. The van der Waals surface area contributed by atoms with Crippen LogP contribution in [0.2, 0.25) is 0 Å². The van der Waals surface area contributed by atoms with Gasteiger partial charge in [0.25, 0.3) is 0 Å². The van der Waals surface area contributed by atoms with Crippen molar-refractivity contribution in [2.75, 3.05) is 43.4 Å². The number of carbonyl (C=O) groups excluding carboxylic acids is 2. The number of hydrogen-bond acceptors (Lipinski definition) is 3. The number of nitrogens with one attached hydrogen (secondary N) is 2. The first kappa shape index (κ1) is 18.9. The van der Waals surface area contributed by atoms with Gasteiger partial charge in [-0.3, -0.25) is 9.69 Å². The molecule has 0 atom stereocenters. The second kappa shape index (κ2) is 8.68. The van der Waals surface area contributed by atoms with Gasteiger partial charge in [-0.1, -0.05) is 35.4 Å². The zero-order valence-corrected chi connectivity index (χ0v) is 15.9. The Balaban J connectivity index is 1.42. The molecule has 3 rings (SSSR count). The summed E-state index contributed by atoms with van der Waals surface area (Å²) in [5, 5.41) is 5.83. The summed E-state index contributed by atoms with van der Waals surface area (Å²) in [4.78, 5) is 28.4. The first-order chi connectivity index (χ1) is 13.0. The number of piperazine rings is 1. The molecule has 27 heavy (non-hydrogen) atoms. The van der Waals surface area contributed by atoms with Gasteiger partial charge in [-0.2, -0.15) is 0 Å². The van der Waals surface area contributed by atoms with Gasteiger partial charge < -0.3 is 15.5 Å². The van der Waals surface area contributed by atoms with Gasteiger partial charge in [-0.25, -0.2) is 4.79 Å². The van der Waals surface area contributed by atoms with E-state index >= 15 is 0 Å². The van der Waals surface area contributed by atoms with Gasteiger partial charge in [-0.15, -0.1) is 0 Å². The molecule has 1 aliphatic rings. The second-order valence-corrected chi connectivity index (χ2v) is 6.97. The predicted molar refractivity (Wildman–Crippen MR) is 108 cm³/mol. The van der Waals surface area contributed by atoms with E-state index in [-0.39, 0.29) is 11.9 Å². The number of rotatable bonds is 4. The minimum Gasteiger partial charge on any atom is -0.325 e. The van der Waals surface area contributed by atoms with Crippen molar-refractivity contribution in [1.29, 1.82) is 0 Å². The third-order valence-corrected chi connectivity index (χ3v) is 4.66. The van der Waals surface area contributed by atoms with Crippen LogP contribution in [0.4, 0.5) is 16.2 Å². The van der Waals surface area contributed by atoms with E-state index in [0.29, 0.717) is 32.7 Å². The number of carbonyl (C=O) groups is 2. The lowest BCUT2D eigenvalue weighted by Crippen LogP contribution is -2.51. The van der Waals surface area contributed by atoms with E-state index in [2.05, 4.69) is 15.5 Å². The average molecular weight is 366 g/mol. The van der Waals surface area contributed by atoms with Crippen molar-refractivity contribution in [3.63, 3.8) is 0 Å². The molecule has 0 aromatic heterocycles. The van der Waals surface area contributed by atoms with Crippen LogP contribution in [0.15, 0.2) is 48.5 Å². The molecule has 2 aromatic carbocycles. The molecule has 6 nitrogen and oxygen atoms in total. The van der Waals surface area contributed by atoms with E-state index in [1.165, 1.54) is 0 Å². The predicted octanol–water partition coefficient (Wildman–Crippen LogP) is 3.09. The maximum atomic E-state index is 12.4. The molecule has 2 N–H and O–H groups in total.